The summed E-state index contributed by atoms with van der Waals surface area (Å²) >= 11 is 0. The second-order valence-electron chi connectivity index (χ2n) is 5.64. The minimum absolute atomic E-state index is 0.393. The second-order valence-corrected chi connectivity index (χ2v) is 5.64. The average molecular weight is 287 g/mol. The first-order chi connectivity index (χ1) is 8.99. The Kier molecular flexibility index (Phi) is 6.48. The van der Waals surface area contributed by atoms with Gasteiger partial charge in [0.15, 0.2) is 0 Å². The minimum Gasteiger partial charge on any atom is -0.444 e. The summed E-state index contributed by atoms with van der Waals surface area (Å²) in [5.74, 6) is -1.06. The van der Waals surface area contributed by atoms with E-state index in [1.807, 2.05) is 0 Å². The summed E-state index contributed by atoms with van der Waals surface area (Å²) in [6.07, 6.45) is -0.212. The van der Waals surface area contributed by atoms with E-state index in [0.29, 0.717) is 6.42 Å². The van der Waals surface area contributed by atoms with E-state index in [0.717, 1.165) is 0 Å². The molecule has 116 valence electrons. The van der Waals surface area contributed by atoms with Crippen molar-refractivity contribution in [3.8, 4) is 0 Å². The Morgan fingerprint density at radius 3 is 2.15 bits per heavy atom. The van der Waals surface area contributed by atoms with Crippen LogP contribution in [0.1, 0.15) is 41.0 Å². The number of nitrogens with two attached hydrogens (primary N) is 1. The predicted octanol–water partition coefficient (Wildman–Crippen LogP) is 0.622. The minimum atomic E-state index is -0.766. The summed E-state index contributed by atoms with van der Waals surface area (Å²) in [5, 5.41) is 2.50. The molecule has 3 N–H and O–H groups in total. The molecule has 0 saturated carbocycles. The lowest BCUT2D eigenvalue weighted by Gasteiger charge is -2.28. The molecular weight excluding hydrogens is 262 g/mol. The van der Waals surface area contributed by atoms with Gasteiger partial charge in [-0.25, -0.2) is 4.79 Å². The fraction of sp³-hybridized carbons (Fsp3) is 0.769. The molecule has 3 amide bonds. The predicted molar refractivity (Wildman–Crippen MR) is 74.9 cm³/mol. The van der Waals surface area contributed by atoms with E-state index in [1.54, 1.807) is 34.6 Å². The van der Waals surface area contributed by atoms with Gasteiger partial charge in [0.1, 0.15) is 17.7 Å². The monoisotopic (exact) mass is 287 g/mol. The second kappa shape index (κ2) is 7.12. The van der Waals surface area contributed by atoms with Gasteiger partial charge in [-0.05, 0) is 34.1 Å². The summed E-state index contributed by atoms with van der Waals surface area (Å²) in [6, 6.07) is -1.50. The first-order valence-corrected chi connectivity index (χ1v) is 6.55. The molecular formula is C13H25N3O4. The van der Waals surface area contributed by atoms with Gasteiger partial charge in [-0.1, -0.05) is 6.92 Å². The standard InChI is InChI=1S/C13H25N3O4/c1-7-9(10(14)17)15-11(18)8(2)16(6)12(19)20-13(3,4)5/h8-9H,7H2,1-6H3,(H2,14,17)(H,15,18)/t8-,9-/m0/s1. The third-order valence-electron chi connectivity index (χ3n) is 2.71. The highest BCUT2D eigenvalue weighted by molar-refractivity contribution is 5.90. The number of hydrogen-bond donors (Lipinski definition) is 2. The van der Waals surface area contributed by atoms with Crippen molar-refractivity contribution in [3.05, 3.63) is 0 Å². The number of carbonyl (C=O) groups is 3. The number of amides is 3. The molecule has 0 radical (unpaired) electrons. The molecule has 20 heavy (non-hydrogen) atoms. The van der Waals surface area contributed by atoms with Gasteiger partial charge in [-0.2, -0.15) is 0 Å². The van der Waals surface area contributed by atoms with Gasteiger partial charge in [-0.3, -0.25) is 14.5 Å². The van der Waals surface area contributed by atoms with Crippen LogP contribution in [0.5, 0.6) is 0 Å². The lowest BCUT2D eigenvalue weighted by atomic mass is 10.2. The zero-order valence-electron chi connectivity index (χ0n) is 13.0. The third-order valence-corrected chi connectivity index (χ3v) is 2.71. The summed E-state index contributed by atoms with van der Waals surface area (Å²) in [5.41, 5.74) is 4.52. The molecule has 0 bridgehead atoms. The topological polar surface area (TPSA) is 102 Å². The SMILES string of the molecule is CC[C@H](NC(=O)[C@H](C)N(C)C(=O)OC(C)(C)C)C(N)=O. The Hall–Kier alpha value is -1.79. The Morgan fingerprint density at radius 1 is 1.30 bits per heavy atom. The highest BCUT2D eigenvalue weighted by Gasteiger charge is 2.28. The van der Waals surface area contributed by atoms with Crippen molar-refractivity contribution in [2.75, 3.05) is 7.05 Å². The quantitative estimate of drug-likeness (QED) is 0.774. The van der Waals surface area contributed by atoms with E-state index in [-0.39, 0.29) is 0 Å². The van der Waals surface area contributed by atoms with Crippen LogP contribution in [-0.4, -0.2) is 47.5 Å². The smallest absolute Gasteiger partial charge is 0.410 e. The lowest BCUT2D eigenvalue weighted by molar-refractivity contribution is -0.130. The average Bonchev–Trinajstić information content (AvgIpc) is 2.31. The van der Waals surface area contributed by atoms with Crippen LogP contribution in [0.3, 0.4) is 0 Å². The molecule has 0 heterocycles. The lowest BCUT2D eigenvalue weighted by Crippen LogP contribution is -2.52. The summed E-state index contributed by atoms with van der Waals surface area (Å²) in [7, 11) is 1.46. The summed E-state index contributed by atoms with van der Waals surface area (Å²) < 4.78 is 5.16. The first-order valence-electron chi connectivity index (χ1n) is 6.55. The van der Waals surface area contributed by atoms with Crippen molar-refractivity contribution in [2.45, 2.75) is 58.7 Å². The molecule has 7 nitrogen and oxygen atoms in total. The molecule has 0 aliphatic carbocycles. The van der Waals surface area contributed by atoms with Gasteiger partial charge >= 0.3 is 6.09 Å². The van der Waals surface area contributed by atoms with Gasteiger partial charge in [0, 0.05) is 7.05 Å². The molecule has 0 aliphatic heterocycles. The summed E-state index contributed by atoms with van der Waals surface area (Å²) in [6.45, 7) is 8.50. The zero-order valence-corrected chi connectivity index (χ0v) is 13.0. The number of hydrogen-bond acceptors (Lipinski definition) is 4. The molecule has 0 unspecified atom stereocenters. The van der Waals surface area contributed by atoms with Gasteiger partial charge in [0.25, 0.3) is 0 Å². The number of nitrogens with zero attached hydrogens (tertiary/aromatic N) is 1. The Balaban J connectivity index is 4.64. The molecule has 0 fully saturated rings. The molecule has 0 aromatic carbocycles. The molecule has 0 rings (SSSR count). The van der Waals surface area contributed by atoms with E-state index in [4.69, 9.17) is 10.5 Å². The van der Waals surface area contributed by atoms with Gasteiger partial charge in [0.2, 0.25) is 11.8 Å². The van der Waals surface area contributed by atoms with Crippen molar-refractivity contribution in [1.82, 2.24) is 10.2 Å². The van der Waals surface area contributed by atoms with Crippen LogP contribution in [0.25, 0.3) is 0 Å². The van der Waals surface area contributed by atoms with Crippen molar-refractivity contribution in [3.63, 3.8) is 0 Å². The zero-order chi connectivity index (χ0) is 16.1. The Labute approximate surface area is 119 Å². The van der Waals surface area contributed by atoms with E-state index in [1.165, 1.54) is 11.9 Å². The van der Waals surface area contributed by atoms with Crippen LogP contribution in [0.15, 0.2) is 0 Å². The molecule has 7 heteroatoms. The van der Waals surface area contributed by atoms with Crippen LogP contribution in [0, 0.1) is 0 Å². The van der Waals surface area contributed by atoms with Crippen LogP contribution in [0.4, 0.5) is 4.79 Å². The van der Waals surface area contributed by atoms with Crippen LogP contribution >= 0.6 is 0 Å². The number of primary amides is 1. The molecule has 0 spiro atoms. The van der Waals surface area contributed by atoms with Gasteiger partial charge in [0.05, 0.1) is 0 Å². The molecule has 0 aromatic rings. The number of rotatable bonds is 5. The van der Waals surface area contributed by atoms with Crippen LogP contribution in [0.2, 0.25) is 0 Å². The maximum absolute atomic E-state index is 12.0. The van der Waals surface area contributed by atoms with Crippen LogP contribution < -0.4 is 11.1 Å². The number of ether oxygens (including phenoxy) is 1. The van der Waals surface area contributed by atoms with E-state index < -0.39 is 35.6 Å². The van der Waals surface area contributed by atoms with E-state index >= 15 is 0 Å². The fourth-order valence-electron chi connectivity index (χ4n) is 1.33. The number of nitrogens with one attached hydrogen (secondary N) is 1. The van der Waals surface area contributed by atoms with Crippen molar-refractivity contribution in [1.29, 1.82) is 0 Å². The van der Waals surface area contributed by atoms with Gasteiger partial charge < -0.3 is 15.8 Å². The molecule has 2 atom stereocenters. The third kappa shape index (κ3) is 5.90. The maximum Gasteiger partial charge on any atom is 0.410 e. The van der Waals surface area contributed by atoms with Crippen LogP contribution in [-0.2, 0) is 14.3 Å². The normalized spacial score (nSPS) is 14.1. The summed E-state index contributed by atoms with van der Waals surface area (Å²) in [4.78, 5) is 36.0. The number of likely N-dealkylation sites (N-methyl/N-ethyl adjacent to an activating group) is 1. The first kappa shape index (κ1) is 18.2. The number of carbonyl (C=O) groups excluding carboxylic acids is 3. The Bertz CT molecular complexity index is 376. The highest BCUT2D eigenvalue weighted by atomic mass is 16.6. The van der Waals surface area contributed by atoms with Crippen molar-refractivity contribution >= 4 is 17.9 Å². The molecule has 0 aromatic heterocycles. The largest absolute Gasteiger partial charge is 0.444 e. The Morgan fingerprint density at radius 2 is 1.80 bits per heavy atom. The highest BCUT2D eigenvalue weighted by Crippen LogP contribution is 2.10. The van der Waals surface area contributed by atoms with E-state index in [2.05, 4.69) is 5.32 Å². The molecule has 0 aliphatic rings. The van der Waals surface area contributed by atoms with E-state index in [9.17, 15) is 14.4 Å². The molecule has 0 saturated heterocycles. The maximum atomic E-state index is 12.0. The van der Waals surface area contributed by atoms with Crippen molar-refractivity contribution in [2.24, 2.45) is 5.73 Å². The van der Waals surface area contributed by atoms with Gasteiger partial charge in [-0.15, -0.1) is 0 Å². The van der Waals surface area contributed by atoms with Crippen molar-refractivity contribution < 1.29 is 19.1 Å². The fourth-order valence-corrected chi connectivity index (χ4v) is 1.33.